The summed E-state index contributed by atoms with van der Waals surface area (Å²) in [6.45, 7) is 3.25. The zero-order chi connectivity index (χ0) is 96.6. The zero-order valence-electron chi connectivity index (χ0n) is 70.7. The Hall–Kier alpha value is -10.9. The van der Waals surface area contributed by atoms with E-state index in [0.29, 0.717) is 6.07 Å². The van der Waals surface area contributed by atoms with Gasteiger partial charge in [-0.05, 0) is 111 Å². The van der Waals surface area contributed by atoms with Gasteiger partial charge in [0, 0.05) is 53.6 Å². The maximum atomic E-state index is 16.5. The molecule has 0 radical (unpaired) electrons. The van der Waals surface area contributed by atoms with Crippen LogP contribution in [0.5, 0.6) is 46.0 Å². The molecule has 28 N–H and O–H groups in total. The van der Waals surface area contributed by atoms with Crippen LogP contribution in [0.3, 0.4) is 0 Å². The summed E-state index contributed by atoms with van der Waals surface area (Å²) >= 11 is 14.4. The molecule has 9 heterocycles. The lowest BCUT2D eigenvalue weighted by molar-refractivity contribution is -0.401. The van der Waals surface area contributed by atoms with Gasteiger partial charge in [0.1, 0.15) is 120 Å². The summed E-state index contributed by atoms with van der Waals surface area (Å²) in [6.07, 6.45) is -43.1. The lowest BCUT2D eigenvalue weighted by atomic mass is 9.86. The number of phenols is 3. The van der Waals surface area contributed by atoms with Gasteiger partial charge >= 0.3 is 11.9 Å². The van der Waals surface area contributed by atoms with Gasteiger partial charge in [0.2, 0.25) is 53.4 Å². The molecule has 718 valence electrons. The van der Waals surface area contributed by atoms with Gasteiger partial charge < -0.3 is 183 Å². The number of Topliss-reactive ketones (excluding diaryl/α,β-unsaturated/α-hetero) is 1. The van der Waals surface area contributed by atoms with Crippen molar-refractivity contribution >= 4 is 88.2 Å². The van der Waals surface area contributed by atoms with E-state index < -0.39 is 364 Å². The molecule has 4 saturated heterocycles. The minimum absolute atomic E-state index is 0.114. The number of aliphatic hydroxyl groups is 11. The van der Waals surface area contributed by atoms with Crippen molar-refractivity contribution in [1.29, 1.82) is 0 Å². The van der Waals surface area contributed by atoms with Crippen molar-refractivity contribution < 1.29 is 182 Å². The Morgan fingerprint density at radius 1 is 0.652 bits per heavy atom. The molecule has 14 rings (SSSR count). The van der Waals surface area contributed by atoms with Crippen LogP contribution < -0.4 is 68.2 Å². The Morgan fingerprint density at radius 3 is 1.86 bits per heavy atom. The number of fused-ring (bicyclic) bond motifs is 15. The maximum Gasteiger partial charge on any atom is 0.364 e. The molecule has 8 amide bonds. The topological polar surface area (TPSA) is 752 Å². The summed E-state index contributed by atoms with van der Waals surface area (Å²) < 4.78 is 65.3. The van der Waals surface area contributed by atoms with Gasteiger partial charge in [-0.3, -0.25) is 43.2 Å². The molecule has 9 aliphatic rings. The summed E-state index contributed by atoms with van der Waals surface area (Å²) in [5.74, 6) is -27.2. The predicted octanol–water partition coefficient (Wildman–Crippen LogP) is -4.75. The number of primary amides is 1. The van der Waals surface area contributed by atoms with Crippen molar-refractivity contribution in [1.82, 2.24) is 42.5 Å². The van der Waals surface area contributed by atoms with E-state index in [1.54, 1.807) is 13.8 Å². The third kappa shape index (κ3) is 21.2. The number of carboxylic acids is 2. The van der Waals surface area contributed by atoms with E-state index in [1.165, 1.54) is 20.9 Å². The standard InChI is InChI=1S/C83H100Cl2N10O37/c1-27(2)13-39(88-6)72(113)94-58-60(106)31-8-11-45(37(84)15-31)124-47-17-33-18-48(125-46-12-9-32(16-38(46)85)61(107)59-77(118)93-56(78(119)120)36-19-34(100)20-42(102)53(36)35-14-30(7-10-41(35)101)54(74(115)95-59)92-75(116)55(33)91-73(114)40(21-51(86)105)90-76(58)117)66(47)129-80-70(128-52-23-82(5,87)71(112)28(3)123-52)69(67(50(26-98)127-80)130-79-65(111)64(110)63(109)49(25-97)126-79)132-83(81(121)122)22-43(103)57(89-29(4)99)68(131-83)62(108)44(104)24-96/h7-12,14-20,27-28,39-40,43-44,49-50,52,54-60,62-65,67-71,79-80,88,96-98,100-104,106,108-112H,13,21-26,87H2,1-6H3,(H2,86,105)(H,89,99)(H,90,117)(H,91,114)(H,92,116)(H,93,118)(H,94,113)(H,95,115)(H,119,120)(H,121,122)/t28-,39+,40-,43-,44+,49+,50+,52-,54+,55+,56-,57+,58+,59-,60+,62+,63-,64-,65+,67+,68+,69-,70+,71+,79-,80-,82-,83-/m0/s1. The normalized spacial score (nSPS) is 32.2. The number of carbonyl (C=O) groups excluding carboxylic acids is 9. The number of carbonyl (C=O) groups is 11. The second kappa shape index (κ2) is 40.9. The molecular weight excluding hydrogens is 1800 g/mol. The third-order valence-corrected chi connectivity index (χ3v) is 23.8. The van der Waals surface area contributed by atoms with Gasteiger partial charge in [0.25, 0.3) is 11.7 Å². The number of hydrogen-bond donors (Lipinski definition) is 26. The van der Waals surface area contributed by atoms with E-state index in [1.807, 2.05) is 0 Å². The minimum Gasteiger partial charge on any atom is -0.508 e. The van der Waals surface area contributed by atoms with Gasteiger partial charge in [0.05, 0.1) is 66.7 Å². The number of phenolic OH excluding ortho intramolecular Hbond substituents is 3. The quantitative estimate of drug-likeness (QED) is 0.0273. The van der Waals surface area contributed by atoms with Crippen molar-refractivity contribution in [2.45, 2.75) is 230 Å². The highest BCUT2D eigenvalue weighted by molar-refractivity contribution is 6.33. The minimum atomic E-state index is -3.59. The van der Waals surface area contributed by atoms with Crippen LogP contribution in [0.4, 0.5) is 0 Å². The molecular formula is C83H100Cl2N10O37. The monoisotopic (exact) mass is 1900 g/mol. The molecule has 49 heteroatoms. The number of nitrogens with two attached hydrogens (primary N) is 2. The molecule has 0 aromatic heterocycles. The van der Waals surface area contributed by atoms with Crippen LogP contribution in [0.15, 0.2) is 78.9 Å². The van der Waals surface area contributed by atoms with Crippen LogP contribution in [0.2, 0.25) is 10.0 Å². The van der Waals surface area contributed by atoms with E-state index in [9.17, 15) is 106 Å². The van der Waals surface area contributed by atoms with Crippen LogP contribution >= 0.6 is 23.2 Å². The maximum absolute atomic E-state index is 16.5. The highest BCUT2D eigenvalue weighted by Crippen LogP contribution is 2.51. The predicted molar refractivity (Wildman–Crippen MR) is 443 cm³/mol. The summed E-state index contributed by atoms with van der Waals surface area (Å²) in [4.78, 5) is 162. The Bertz CT molecular complexity index is 5230. The second-order valence-corrected chi connectivity index (χ2v) is 34.1. The molecule has 11 bridgehead atoms. The molecule has 132 heavy (non-hydrogen) atoms. The Balaban J connectivity index is 1.15. The zero-order valence-corrected chi connectivity index (χ0v) is 72.2. The van der Waals surface area contributed by atoms with Crippen molar-refractivity contribution in [3.05, 3.63) is 117 Å². The highest BCUT2D eigenvalue weighted by Gasteiger charge is 2.63. The number of aliphatic hydroxyl groups excluding tert-OH is 11. The van der Waals surface area contributed by atoms with Gasteiger partial charge in [0.15, 0.2) is 48.0 Å². The highest BCUT2D eigenvalue weighted by atomic mass is 35.5. The van der Waals surface area contributed by atoms with Crippen LogP contribution in [0.1, 0.15) is 117 Å². The fourth-order valence-electron chi connectivity index (χ4n) is 16.4. The lowest BCUT2D eigenvalue weighted by Crippen LogP contribution is -2.72. The lowest BCUT2D eigenvalue weighted by Gasteiger charge is -2.53. The number of carboxylic acid groups (broad SMARTS) is 2. The number of benzene rings is 5. The first kappa shape index (κ1) is 100. The third-order valence-electron chi connectivity index (χ3n) is 23.2. The molecule has 0 unspecified atom stereocenters. The van der Waals surface area contributed by atoms with E-state index in [-0.39, 0.29) is 17.9 Å². The van der Waals surface area contributed by atoms with E-state index in [0.717, 1.165) is 79.7 Å². The smallest absolute Gasteiger partial charge is 0.364 e. The number of ether oxygens (including phenoxy) is 10. The molecule has 0 aliphatic carbocycles. The number of aliphatic carboxylic acids is 2. The van der Waals surface area contributed by atoms with Crippen molar-refractivity contribution in [3.8, 4) is 57.1 Å². The van der Waals surface area contributed by atoms with Crippen molar-refractivity contribution in [2.24, 2.45) is 17.4 Å². The number of halogens is 2. The molecule has 5 aromatic rings. The Morgan fingerprint density at radius 2 is 1.27 bits per heavy atom. The first-order valence-corrected chi connectivity index (χ1v) is 41.9. The molecule has 0 spiro atoms. The number of nitrogens with one attached hydrogen (secondary N) is 8. The first-order chi connectivity index (χ1) is 62.2. The van der Waals surface area contributed by atoms with Gasteiger partial charge in [-0.25, -0.2) is 9.59 Å². The van der Waals surface area contributed by atoms with E-state index >= 15 is 28.8 Å². The summed E-state index contributed by atoms with van der Waals surface area (Å²) in [5, 5.41) is 201. The van der Waals surface area contributed by atoms with Gasteiger partial charge in [-0.2, -0.15) is 0 Å². The second-order valence-electron chi connectivity index (χ2n) is 33.3. The first-order valence-electron chi connectivity index (χ1n) is 41.1. The molecule has 4 fully saturated rings. The number of likely N-dealkylation sites (N-methyl/N-ethyl adjacent to an activating group) is 1. The summed E-state index contributed by atoms with van der Waals surface area (Å²) in [5.41, 5.74) is 6.77. The average Bonchev–Trinajstić information content (AvgIpc) is 0.763. The van der Waals surface area contributed by atoms with Crippen molar-refractivity contribution in [3.63, 3.8) is 0 Å². The van der Waals surface area contributed by atoms with Crippen LogP contribution in [0.25, 0.3) is 11.1 Å². The van der Waals surface area contributed by atoms with E-state index in [4.69, 9.17) is 82.0 Å². The summed E-state index contributed by atoms with van der Waals surface area (Å²) in [7, 11) is 1.41. The van der Waals surface area contributed by atoms with Crippen LogP contribution in [0, 0.1) is 5.92 Å². The number of hydrogen-bond acceptors (Lipinski definition) is 37. The number of amides is 8. The molecule has 5 aromatic carbocycles. The molecule has 9 aliphatic heterocycles. The Labute approximate surface area is 757 Å². The van der Waals surface area contributed by atoms with Gasteiger partial charge in [-0.15, -0.1) is 0 Å². The number of ketones is 1. The fraction of sp³-hybridized carbons (Fsp3) is 0.506. The Kier molecular flexibility index (Phi) is 31.0. The van der Waals surface area contributed by atoms with E-state index in [2.05, 4.69) is 42.5 Å². The fourth-order valence-corrected chi connectivity index (χ4v) is 16.9. The molecule has 0 saturated carbocycles. The molecule has 28 atom stereocenters. The summed E-state index contributed by atoms with van der Waals surface area (Å²) in [6, 6.07) is -5.80. The largest absolute Gasteiger partial charge is 0.508 e. The van der Waals surface area contributed by atoms with Crippen molar-refractivity contribution in [2.75, 3.05) is 26.9 Å². The number of rotatable bonds is 23. The van der Waals surface area contributed by atoms with Gasteiger partial charge in [-0.1, -0.05) is 49.2 Å². The number of aromatic hydroxyl groups is 3. The average molecular weight is 1900 g/mol. The molecule has 47 nitrogen and oxygen atoms in total. The SMILES string of the molecule is CN[C@H](CC(C)C)C(=O)N[C@H]1C(=O)N[C@@H](CC(N)=O)C(=O)N[C@H]2C(=O)N[C@H]3C(=O)N[C@H](C(=O)N[C@H](C(=O)O)c4cc(O)cc(O)c4-c4cc3ccc4O)C(=O)c3ccc(c(Cl)c3)Oc3cc2cc(c3O[C@@H]2O[C@H](CO)[C@@H](O[C@@H]3O[C@H](CO)[C@H](O)[C@H](O)[C@H]3O)[C@H](O[C@]3(C(=O)O)C[C@H](O)[C@@H](NC(C)=O)[C@H]([C@H](O)[C@H](O)CO)O3)[C@H]2O[C@H]2C[C@](C)(N)[C@H](O)[C@H](C)O2)Oc2ccc(cc2Cl)[C@H]1O. The van der Waals surface area contributed by atoms with Crippen LogP contribution in [-0.2, 0) is 81.1 Å². The van der Waals surface area contributed by atoms with Crippen LogP contribution in [-0.4, -0.2) is 319 Å².